The van der Waals surface area contributed by atoms with Crippen LogP contribution in [0.15, 0.2) is 30.5 Å². The molecule has 0 N–H and O–H groups in total. The Labute approximate surface area is 122 Å². The van der Waals surface area contributed by atoms with Crippen LogP contribution in [0.25, 0.3) is 11.3 Å². The van der Waals surface area contributed by atoms with Crippen molar-refractivity contribution in [1.29, 1.82) is 0 Å². The van der Waals surface area contributed by atoms with E-state index in [0.29, 0.717) is 0 Å². The van der Waals surface area contributed by atoms with E-state index in [9.17, 15) is 10.1 Å². The zero-order valence-corrected chi connectivity index (χ0v) is 11.7. The fourth-order valence-corrected chi connectivity index (χ4v) is 2.54. The van der Waals surface area contributed by atoms with Crippen molar-refractivity contribution in [1.82, 2.24) is 19.9 Å². The van der Waals surface area contributed by atoms with E-state index in [0.717, 1.165) is 24.3 Å². The first kappa shape index (κ1) is 13.7. The molecule has 1 aromatic carbocycles. The van der Waals surface area contributed by atoms with Crippen LogP contribution in [0.2, 0.25) is 0 Å². The molecule has 1 saturated heterocycles. The van der Waals surface area contributed by atoms with E-state index in [1.54, 1.807) is 12.1 Å². The van der Waals surface area contributed by atoms with E-state index in [4.69, 9.17) is 0 Å². The number of aromatic nitrogens is 3. The summed E-state index contributed by atoms with van der Waals surface area (Å²) in [5.41, 5.74) is 1.67. The van der Waals surface area contributed by atoms with Gasteiger partial charge in [-0.1, -0.05) is 5.21 Å². The van der Waals surface area contributed by atoms with Gasteiger partial charge >= 0.3 is 0 Å². The average molecular weight is 287 g/mol. The van der Waals surface area contributed by atoms with Gasteiger partial charge in [0.2, 0.25) is 0 Å². The van der Waals surface area contributed by atoms with Gasteiger partial charge in [-0.15, -0.1) is 5.10 Å². The van der Waals surface area contributed by atoms with Gasteiger partial charge in [0.25, 0.3) is 5.69 Å². The summed E-state index contributed by atoms with van der Waals surface area (Å²) in [6.45, 7) is 4.15. The van der Waals surface area contributed by atoms with Gasteiger partial charge in [0.1, 0.15) is 5.69 Å². The third-order valence-corrected chi connectivity index (χ3v) is 3.76. The van der Waals surface area contributed by atoms with Gasteiger partial charge in [-0.3, -0.25) is 14.8 Å². The summed E-state index contributed by atoms with van der Waals surface area (Å²) in [6.07, 6.45) is 4.45. The van der Waals surface area contributed by atoms with Crippen LogP contribution in [0.1, 0.15) is 12.8 Å². The number of benzene rings is 1. The van der Waals surface area contributed by atoms with Crippen molar-refractivity contribution in [2.45, 2.75) is 19.4 Å². The Kier molecular flexibility index (Phi) is 3.92. The third kappa shape index (κ3) is 3.25. The van der Waals surface area contributed by atoms with Crippen LogP contribution >= 0.6 is 0 Å². The smallest absolute Gasteiger partial charge is 0.269 e. The lowest BCUT2D eigenvalue weighted by molar-refractivity contribution is -0.384. The minimum absolute atomic E-state index is 0.0835. The van der Waals surface area contributed by atoms with Gasteiger partial charge in [-0.25, -0.2) is 0 Å². The minimum Gasteiger partial charge on any atom is -0.301 e. The molecule has 21 heavy (non-hydrogen) atoms. The van der Waals surface area contributed by atoms with Gasteiger partial charge < -0.3 is 4.90 Å². The van der Waals surface area contributed by atoms with Crippen LogP contribution in [-0.4, -0.2) is 44.5 Å². The average Bonchev–Trinajstić information content (AvgIpc) is 3.17. The Morgan fingerprint density at radius 2 is 1.86 bits per heavy atom. The van der Waals surface area contributed by atoms with Crippen LogP contribution in [0.4, 0.5) is 5.69 Å². The maximum atomic E-state index is 10.6. The highest BCUT2D eigenvalue weighted by molar-refractivity contribution is 5.59. The Morgan fingerprint density at radius 3 is 2.52 bits per heavy atom. The molecule has 1 aromatic heterocycles. The second-order valence-electron chi connectivity index (χ2n) is 5.22. The molecular weight excluding hydrogens is 270 g/mol. The Balaban J connectivity index is 1.64. The van der Waals surface area contributed by atoms with Gasteiger partial charge in [-0.05, 0) is 38.1 Å². The maximum absolute atomic E-state index is 10.6. The first-order valence-electron chi connectivity index (χ1n) is 7.10. The molecule has 1 fully saturated rings. The molecule has 0 atom stereocenters. The van der Waals surface area contributed by atoms with E-state index in [-0.39, 0.29) is 5.69 Å². The highest BCUT2D eigenvalue weighted by atomic mass is 16.6. The van der Waals surface area contributed by atoms with Crippen molar-refractivity contribution in [3.63, 3.8) is 0 Å². The topological polar surface area (TPSA) is 77.1 Å². The minimum atomic E-state index is -0.406. The molecule has 1 aliphatic rings. The fraction of sp³-hybridized carbons (Fsp3) is 0.429. The summed E-state index contributed by atoms with van der Waals surface area (Å²) >= 11 is 0. The largest absolute Gasteiger partial charge is 0.301 e. The molecule has 0 spiro atoms. The van der Waals surface area contributed by atoms with Crippen LogP contribution in [-0.2, 0) is 6.54 Å². The van der Waals surface area contributed by atoms with Gasteiger partial charge in [-0.2, -0.15) is 0 Å². The Morgan fingerprint density at radius 1 is 1.14 bits per heavy atom. The monoisotopic (exact) mass is 287 g/mol. The van der Waals surface area contributed by atoms with Crippen LogP contribution in [0, 0.1) is 10.1 Å². The number of nitrogens with zero attached hydrogens (tertiary/aromatic N) is 5. The molecule has 2 aromatic rings. The first-order chi connectivity index (χ1) is 10.2. The molecule has 0 amide bonds. The van der Waals surface area contributed by atoms with Gasteiger partial charge in [0.05, 0.1) is 17.7 Å². The SMILES string of the molecule is O=[N+]([O-])c1ccc(-c2cn(CCN3CCCC3)nn2)cc1. The molecule has 0 radical (unpaired) electrons. The highest BCUT2D eigenvalue weighted by Gasteiger charge is 2.12. The predicted octanol–water partition coefficient (Wildman–Crippen LogP) is 1.95. The Hall–Kier alpha value is -2.28. The fourth-order valence-electron chi connectivity index (χ4n) is 2.54. The summed E-state index contributed by atoms with van der Waals surface area (Å²) in [5, 5.41) is 18.9. The summed E-state index contributed by atoms with van der Waals surface area (Å²) < 4.78 is 1.83. The lowest BCUT2D eigenvalue weighted by Gasteiger charge is -2.13. The zero-order valence-electron chi connectivity index (χ0n) is 11.7. The maximum Gasteiger partial charge on any atom is 0.269 e. The number of rotatable bonds is 5. The molecule has 0 unspecified atom stereocenters. The second kappa shape index (κ2) is 6.01. The Bertz CT molecular complexity index is 617. The van der Waals surface area contributed by atoms with Gasteiger partial charge in [0, 0.05) is 24.2 Å². The molecule has 2 heterocycles. The number of hydrogen-bond acceptors (Lipinski definition) is 5. The standard InChI is InChI=1S/C14H17N5O2/c20-19(21)13-5-3-12(4-6-13)14-11-18(16-15-14)10-9-17-7-1-2-8-17/h3-6,11H,1-2,7-10H2. The quantitative estimate of drug-likeness (QED) is 0.620. The third-order valence-electron chi connectivity index (χ3n) is 3.76. The van der Waals surface area contributed by atoms with Crippen molar-refractivity contribution in [3.05, 3.63) is 40.6 Å². The first-order valence-corrected chi connectivity index (χ1v) is 7.10. The van der Waals surface area contributed by atoms with E-state index >= 15 is 0 Å². The number of hydrogen-bond donors (Lipinski definition) is 0. The van der Waals surface area contributed by atoms with Crippen LogP contribution < -0.4 is 0 Å². The lowest BCUT2D eigenvalue weighted by atomic mass is 10.1. The van der Waals surface area contributed by atoms with E-state index in [2.05, 4.69) is 15.2 Å². The molecular formula is C14H17N5O2. The molecule has 7 nitrogen and oxygen atoms in total. The molecule has 0 aliphatic carbocycles. The molecule has 0 bridgehead atoms. The number of likely N-dealkylation sites (tertiary alicyclic amines) is 1. The van der Waals surface area contributed by atoms with Gasteiger partial charge in [0.15, 0.2) is 0 Å². The highest BCUT2D eigenvalue weighted by Crippen LogP contribution is 2.20. The lowest BCUT2D eigenvalue weighted by Crippen LogP contribution is -2.24. The number of nitro benzene ring substituents is 1. The van der Waals surface area contributed by atoms with E-state index in [1.807, 2.05) is 10.9 Å². The van der Waals surface area contributed by atoms with E-state index in [1.165, 1.54) is 38.1 Å². The number of non-ortho nitro benzene ring substituents is 1. The summed E-state index contributed by atoms with van der Waals surface area (Å²) in [6, 6.07) is 6.37. The van der Waals surface area contributed by atoms with Crippen LogP contribution in [0.3, 0.4) is 0 Å². The molecule has 7 heteroatoms. The predicted molar refractivity (Wildman–Crippen MR) is 77.8 cm³/mol. The van der Waals surface area contributed by atoms with Crippen molar-refractivity contribution < 1.29 is 4.92 Å². The zero-order chi connectivity index (χ0) is 14.7. The second-order valence-corrected chi connectivity index (χ2v) is 5.22. The van der Waals surface area contributed by atoms with Crippen molar-refractivity contribution in [3.8, 4) is 11.3 Å². The van der Waals surface area contributed by atoms with E-state index < -0.39 is 4.92 Å². The summed E-state index contributed by atoms with van der Waals surface area (Å²) in [4.78, 5) is 12.7. The molecule has 0 saturated carbocycles. The molecule has 3 rings (SSSR count). The summed E-state index contributed by atoms with van der Waals surface area (Å²) in [5.74, 6) is 0. The van der Waals surface area contributed by atoms with Crippen molar-refractivity contribution in [2.24, 2.45) is 0 Å². The molecule has 110 valence electrons. The molecule has 1 aliphatic heterocycles. The van der Waals surface area contributed by atoms with Crippen LogP contribution in [0.5, 0.6) is 0 Å². The van der Waals surface area contributed by atoms with Crippen molar-refractivity contribution in [2.75, 3.05) is 19.6 Å². The normalized spacial score (nSPS) is 15.4. The summed E-state index contributed by atoms with van der Waals surface area (Å²) in [7, 11) is 0. The van der Waals surface area contributed by atoms with Crippen molar-refractivity contribution >= 4 is 5.69 Å². The number of nitro groups is 1.